The lowest BCUT2D eigenvalue weighted by molar-refractivity contribution is 0.0909. The highest BCUT2D eigenvalue weighted by atomic mass is 32.1. The molecule has 1 amide bonds. The van der Waals surface area contributed by atoms with E-state index in [0.717, 1.165) is 33.7 Å². The van der Waals surface area contributed by atoms with Gasteiger partial charge in [-0.15, -0.1) is 11.3 Å². The molecule has 21 heavy (non-hydrogen) atoms. The topological polar surface area (TPSA) is 64.1 Å². The van der Waals surface area contributed by atoms with E-state index in [0.29, 0.717) is 11.5 Å². The van der Waals surface area contributed by atoms with Crippen LogP contribution < -0.4 is 5.32 Å². The van der Waals surface area contributed by atoms with Crippen molar-refractivity contribution in [3.8, 4) is 0 Å². The number of thiophene rings is 1. The third-order valence-corrected chi connectivity index (χ3v) is 4.52. The van der Waals surface area contributed by atoms with Crippen molar-refractivity contribution in [3.05, 3.63) is 22.0 Å². The first-order valence-electron chi connectivity index (χ1n) is 7.04. The molecule has 2 rings (SSSR count). The zero-order valence-corrected chi connectivity index (χ0v) is 13.9. The fourth-order valence-electron chi connectivity index (χ4n) is 2.35. The quantitative estimate of drug-likeness (QED) is 0.922. The van der Waals surface area contributed by atoms with E-state index in [-0.39, 0.29) is 11.9 Å². The zero-order chi connectivity index (χ0) is 15.6. The number of carbonyl (C=O) groups is 1. The van der Waals surface area contributed by atoms with Crippen molar-refractivity contribution < 1.29 is 9.53 Å². The second-order valence-corrected chi connectivity index (χ2v) is 6.14. The molecule has 0 bridgehead atoms. The Morgan fingerprint density at radius 1 is 1.38 bits per heavy atom. The number of hydrogen-bond acceptors (Lipinski definition) is 5. The summed E-state index contributed by atoms with van der Waals surface area (Å²) in [4.78, 5) is 23.0. The highest BCUT2D eigenvalue weighted by Gasteiger charge is 2.20. The number of rotatable bonds is 5. The zero-order valence-electron chi connectivity index (χ0n) is 13.1. The molecule has 0 fully saturated rings. The van der Waals surface area contributed by atoms with Crippen LogP contribution in [0.2, 0.25) is 0 Å². The summed E-state index contributed by atoms with van der Waals surface area (Å²) in [6.07, 6.45) is 0.792. The van der Waals surface area contributed by atoms with Crippen molar-refractivity contribution in [1.29, 1.82) is 0 Å². The van der Waals surface area contributed by atoms with Gasteiger partial charge >= 0.3 is 0 Å². The fraction of sp³-hybridized carbons (Fsp3) is 0.533. The molecule has 0 aliphatic heterocycles. The Hall–Kier alpha value is -1.53. The van der Waals surface area contributed by atoms with Crippen LogP contribution in [-0.4, -0.2) is 35.6 Å². The van der Waals surface area contributed by atoms with Gasteiger partial charge in [-0.25, -0.2) is 9.97 Å². The first-order chi connectivity index (χ1) is 9.97. The van der Waals surface area contributed by atoms with Crippen LogP contribution in [0.5, 0.6) is 0 Å². The van der Waals surface area contributed by atoms with Crippen LogP contribution in [0.25, 0.3) is 10.2 Å². The molecule has 1 unspecified atom stereocenters. The minimum atomic E-state index is -0.0718. The van der Waals surface area contributed by atoms with Gasteiger partial charge in [0.05, 0.1) is 11.5 Å². The van der Waals surface area contributed by atoms with E-state index in [1.54, 1.807) is 7.11 Å². The summed E-state index contributed by atoms with van der Waals surface area (Å²) in [5.74, 6) is 0.749. The van der Waals surface area contributed by atoms with Crippen LogP contribution >= 0.6 is 11.3 Å². The lowest BCUT2D eigenvalue weighted by atomic mass is 10.1. The Labute approximate surface area is 128 Å². The smallest absolute Gasteiger partial charge is 0.262 e. The van der Waals surface area contributed by atoms with Crippen LogP contribution in [-0.2, 0) is 11.2 Å². The molecule has 6 heteroatoms. The van der Waals surface area contributed by atoms with Crippen LogP contribution in [0.1, 0.15) is 40.6 Å². The molecule has 0 aromatic carbocycles. The Kier molecular flexibility index (Phi) is 4.90. The van der Waals surface area contributed by atoms with Crippen molar-refractivity contribution in [2.45, 2.75) is 40.2 Å². The van der Waals surface area contributed by atoms with E-state index in [2.05, 4.69) is 15.3 Å². The number of nitrogens with zero attached hydrogens (tertiary/aromatic N) is 2. The van der Waals surface area contributed by atoms with Crippen LogP contribution in [0.15, 0.2) is 0 Å². The van der Waals surface area contributed by atoms with E-state index < -0.39 is 0 Å². The summed E-state index contributed by atoms with van der Waals surface area (Å²) in [6.45, 7) is 8.37. The maximum Gasteiger partial charge on any atom is 0.262 e. The summed E-state index contributed by atoms with van der Waals surface area (Å²) in [5.41, 5.74) is 1.90. The van der Waals surface area contributed by atoms with Crippen molar-refractivity contribution in [3.63, 3.8) is 0 Å². The number of nitrogens with one attached hydrogen (secondary N) is 1. The van der Waals surface area contributed by atoms with E-state index in [1.807, 2.05) is 27.7 Å². The van der Waals surface area contributed by atoms with Crippen molar-refractivity contribution in [2.24, 2.45) is 0 Å². The normalized spacial score (nSPS) is 12.6. The molecular weight excluding hydrogens is 286 g/mol. The summed E-state index contributed by atoms with van der Waals surface area (Å²) in [5, 5.41) is 3.95. The molecule has 0 radical (unpaired) electrons. The highest BCUT2D eigenvalue weighted by Crippen LogP contribution is 2.31. The van der Waals surface area contributed by atoms with E-state index >= 15 is 0 Å². The van der Waals surface area contributed by atoms with Gasteiger partial charge in [0.2, 0.25) is 0 Å². The van der Waals surface area contributed by atoms with Crippen LogP contribution in [0, 0.1) is 13.8 Å². The molecule has 114 valence electrons. The number of methoxy groups -OCH3 is 1. The maximum absolute atomic E-state index is 12.4. The van der Waals surface area contributed by atoms with Crippen LogP contribution in [0.4, 0.5) is 0 Å². The fourth-order valence-corrected chi connectivity index (χ4v) is 3.50. The Morgan fingerprint density at radius 2 is 2.10 bits per heavy atom. The Balaban J connectivity index is 2.39. The van der Waals surface area contributed by atoms with Gasteiger partial charge in [0.15, 0.2) is 0 Å². The lowest BCUT2D eigenvalue weighted by Crippen LogP contribution is -2.35. The molecule has 0 aliphatic rings. The molecule has 2 aromatic rings. The molecular formula is C15H21N3O2S. The monoisotopic (exact) mass is 307 g/mol. The molecule has 2 aromatic heterocycles. The number of aryl methyl sites for hydroxylation is 3. The van der Waals surface area contributed by atoms with Crippen LogP contribution in [0.3, 0.4) is 0 Å². The van der Waals surface area contributed by atoms with E-state index in [9.17, 15) is 4.79 Å². The standard InChI is InChI=1S/C15H21N3O2S/c1-6-11-17-10(4)12-9(3)13(21-15(12)18-11)14(19)16-8(2)7-20-5/h8H,6-7H2,1-5H3,(H,16,19). The molecule has 0 aliphatic carbocycles. The van der Waals surface area contributed by atoms with Gasteiger partial charge in [-0.2, -0.15) is 0 Å². The maximum atomic E-state index is 12.4. The second-order valence-electron chi connectivity index (χ2n) is 5.14. The first-order valence-corrected chi connectivity index (χ1v) is 7.86. The van der Waals surface area contributed by atoms with E-state index in [1.165, 1.54) is 11.3 Å². The third-order valence-electron chi connectivity index (χ3n) is 3.33. The van der Waals surface area contributed by atoms with Gasteiger partial charge in [-0.05, 0) is 26.3 Å². The highest BCUT2D eigenvalue weighted by molar-refractivity contribution is 7.20. The van der Waals surface area contributed by atoms with Gasteiger partial charge in [-0.1, -0.05) is 6.92 Å². The lowest BCUT2D eigenvalue weighted by Gasteiger charge is -2.12. The second kappa shape index (κ2) is 6.49. The summed E-state index contributed by atoms with van der Waals surface area (Å²) in [6, 6.07) is -0.0227. The predicted octanol–water partition coefficient (Wildman–Crippen LogP) is 2.64. The van der Waals surface area contributed by atoms with Gasteiger partial charge in [-0.3, -0.25) is 4.79 Å². The molecule has 2 heterocycles. The Morgan fingerprint density at radius 3 is 2.71 bits per heavy atom. The number of amides is 1. The Bertz CT molecular complexity index is 666. The minimum absolute atomic E-state index is 0.0227. The number of aromatic nitrogens is 2. The largest absolute Gasteiger partial charge is 0.383 e. The molecule has 0 saturated heterocycles. The predicted molar refractivity (Wildman–Crippen MR) is 85.1 cm³/mol. The third kappa shape index (κ3) is 3.22. The molecule has 5 nitrogen and oxygen atoms in total. The summed E-state index contributed by atoms with van der Waals surface area (Å²) >= 11 is 1.43. The molecule has 1 N–H and O–H groups in total. The summed E-state index contributed by atoms with van der Waals surface area (Å²) < 4.78 is 5.05. The first kappa shape index (κ1) is 15.9. The summed E-state index contributed by atoms with van der Waals surface area (Å²) in [7, 11) is 1.62. The van der Waals surface area contributed by atoms with Gasteiger partial charge in [0, 0.05) is 30.7 Å². The number of carbonyl (C=O) groups excluding carboxylic acids is 1. The molecule has 1 atom stereocenters. The number of hydrogen-bond donors (Lipinski definition) is 1. The molecule has 0 spiro atoms. The van der Waals surface area contributed by atoms with Gasteiger partial charge < -0.3 is 10.1 Å². The average molecular weight is 307 g/mol. The minimum Gasteiger partial charge on any atom is -0.383 e. The van der Waals surface area contributed by atoms with E-state index in [4.69, 9.17) is 4.74 Å². The SMILES string of the molecule is CCc1nc(C)c2c(C)c(C(=O)NC(C)COC)sc2n1. The van der Waals surface area contributed by atoms with Gasteiger partial charge in [0.1, 0.15) is 10.7 Å². The van der Waals surface area contributed by atoms with Crippen molar-refractivity contribution in [1.82, 2.24) is 15.3 Å². The van der Waals surface area contributed by atoms with Crippen molar-refractivity contribution in [2.75, 3.05) is 13.7 Å². The molecule has 0 saturated carbocycles. The van der Waals surface area contributed by atoms with Crippen molar-refractivity contribution >= 4 is 27.5 Å². The number of ether oxygens (including phenoxy) is 1. The average Bonchev–Trinajstić information content (AvgIpc) is 2.76. The van der Waals surface area contributed by atoms with Gasteiger partial charge in [0.25, 0.3) is 5.91 Å². The number of fused-ring (bicyclic) bond motifs is 1.